The van der Waals surface area contributed by atoms with Crippen LogP contribution in [0.15, 0.2) is 76.3 Å². The van der Waals surface area contributed by atoms with E-state index in [1.54, 1.807) is 24.4 Å². The van der Waals surface area contributed by atoms with E-state index in [1.807, 2.05) is 13.0 Å². The summed E-state index contributed by atoms with van der Waals surface area (Å²) in [7, 11) is 0. The number of aryl methyl sites for hydroxylation is 1. The Bertz CT molecular complexity index is 1260. The summed E-state index contributed by atoms with van der Waals surface area (Å²) in [6.45, 7) is 1.90. The van der Waals surface area contributed by atoms with Gasteiger partial charge in [0.05, 0.1) is 5.69 Å². The fourth-order valence-electron chi connectivity index (χ4n) is 2.71. The quantitative estimate of drug-likeness (QED) is 0.541. The number of hydrogen-bond acceptors (Lipinski definition) is 5. The van der Waals surface area contributed by atoms with Crippen molar-refractivity contribution in [1.29, 1.82) is 0 Å². The number of nitrogens with one attached hydrogen (secondary N) is 1. The van der Waals surface area contributed by atoms with Crippen molar-refractivity contribution in [3.8, 4) is 5.75 Å². The number of aromatic nitrogens is 1. The number of phenolic OH excluding ortho intramolecular Hbond substituents is 1. The lowest BCUT2D eigenvalue weighted by Crippen LogP contribution is -2.22. The molecule has 0 spiro atoms. The largest absolute Gasteiger partial charge is 0.508 e. The van der Waals surface area contributed by atoms with Gasteiger partial charge in [-0.05, 0) is 61.0 Å². The molecule has 0 aliphatic rings. The summed E-state index contributed by atoms with van der Waals surface area (Å²) in [6.07, 6.45) is 1.65. The molecule has 7 heteroatoms. The van der Waals surface area contributed by atoms with Crippen LogP contribution >= 0.6 is 0 Å². The van der Waals surface area contributed by atoms with E-state index < -0.39 is 11.7 Å². The number of phenols is 1. The molecule has 2 aromatic carbocycles. The average molecular weight is 389 g/mol. The van der Waals surface area contributed by atoms with Gasteiger partial charge in [-0.15, -0.1) is 0 Å². The number of nitrogens with zero attached hydrogens (tertiary/aromatic N) is 2. The maximum Gasteiger partial charge on any atom is 0.262 e. The molecule has 1 amide bonds. The predicted octanol–water partition coefficient (Wildman–Crippen LogP) is 4.47. The van der Waals surface area contributed by atoms with E-state index in [2.05, 4.69) is 15.3 Å². The van der Waals surface area contributed by atoms with Crippen LogP contribution in [0.3, 0.4) is 0 Å². The Kier molecular flexibility index (Phi) is 4.78. The highest BCUT2D eigenvalue weighted by molar-refractivity contribution is 6.05. The summed E-state index contributed by atoms with van der Waals surface area (Å²) in [5.41, 5.74) is 1.94. The maximum atomic E-state index is 13.2. The Morgan fingerprint density at radius 3 is 2.62 bits per heavy atom. The Morgan fingerprint density at radius 1 is 1.10 bits per heavy atom. The first-order valence-corrected chi connectivity index (χ1v) is 8.79. The Hall–Kier alpha value is -4.00. The van der Waals surface area contributed by atoms with E-state index in [1.165, 1.54) is 36.4 Å². The second-order valence-electron chi connectivity index (χ2n) is 6.45. The first-order chi connectivity index (χ1) is 14.0. The van der Waals surface area contributed by atoms with Gasteiger partial charge in [0, 0.05) is 17.6 Å². The molecule has 4 aromatic rings. The molecule has 0 saturated heterocycles. The van der Waals surface area contributed by atoms with Crippen LogP contribution in [-0.2, 0) is 0 Å². The van der Waals surface area contributed by atoms with Crippen LogP contribution in [0.4, 0.5) is 15.9 Å². The maximum absolute atomic E-state index is 13.2. The molecule has 2 heterocycles. The number of pyridine rings is 1. The molecule has 2 N–H and O–H groups in total. The molecular formula is C22H16FN3O3. The molecule has 0 saturated carbocycles. The van der Waals surface area contributed by atoms with Gasteiger partial charge in [0.2, 0.25) is 5.55 Å². The number of halogens is 1. The van der Waals surface area contributed by atoms with E-state index in [9.17, 15) is 14.3 Å². The molecule has 144 valence electrons. The summed E-state index contributed by atoms with van der Waals surface area (Å²) >= 11 is 0. The number of carbonyl (C=O) groups excluding carboxylic acids is 1. The summed E-state index contributed by atoms with van der Waals surface area (Å²) in [5.74, 6) is -0.442. The van der Waals surface area contributed by atoms with Gasteiger partial charge in [-0.25, -0.2) is 14.4 Å². The predicted molar refractivity (Wildman–Crippen MR) is 106 cm³/mol. The minimum absolute atomic E-state index is 0.0232. The minimum Gasteiger partial charge on any atom is -0.508 e. The smallest absolute Gasteiger partial charge is 0.262 e. The number of aromatic hydroxyl groups is 1. The van der Waals surface area contributed by atoms with Crippen molar-refractivity contribution in [2.24, 2.45) is 4.99 Å². The van der Waals surface area contributed by atoms with Gasteiger partial charge < -0.3 is 14.8 Å². The van der Waals surface area contributed by atoms with Crippen molar-refractivity contribution in [1.82, 2.24) is 4.98 Å². The molecule has 29 heavy (non-hydrogen) atoms. The highest BCUT2D eigenvalue weighted by atomic mass is 19.1. The van der Waals surface area contributed by atoms with Crippen molar-refractivity contribution >= 4 is 28.4 Å². The van der Waals surface area contributed by atoms with Gasteiger partial charge in [-0.2, -0.15) is 0 Å². The van der Waals surface area contributed by atoms with Gasteiger partial charge in [-0.3, -0.25) is 4.79 Å². The van der Waals surface area contributed by atoms with Crippen LogP contribution in [0.25, 0.3) is 11.0 Å². The number of rotatable bonds is 3. The van der Waals surface area contributed by atoms with Crippen LogP contribution < -0.4 is 10.9 Å². The van der Waals surface area contributed by atoms with Crippen LogP contribution in [0.1, 0.15) is 15.9 Å². The van der Waals surface area contributed by atoms with Crippen LogP contribution in [0.5, 0.6) is 5.75 Å². The van der Waals surface area contributed by atoms with Gasteiger partial charge in [0.25, 0.3) is 5.91 Å². The SMILES string of the molecule is Cc1ccc(NC(=O)c2cc3ccc(O)cc3oc2=Nc2ccc(F)cc2)nc1. The summed E-state index contributed by atoms with van der Waals surface area (Å²) in [6, 6.07) is 15.2. The number of anilines is 1. The van der Waals surface area contributed by atoms with Gasteiger partial charge in [-0.1, -0.05) is 6.07 Å². The van der Waals surface area contributed by atoms with Crippen molar-refractivity contribution < 1.29 is 18.7 Å². The minimum atomic E-state index is -0.457. The number of benzene rings is 2. The molecule has 0 fully saturated rings. The molecule has 0 bridgehead atoms. The Labute approximate surface area is 165 Å². The molecule has 6 nitrogen and oxygen atoms in total. The molecular weight excluding hydrogens is 373 g/mol. The van der Waals surface area contributed by atoms with Gasteiger partial charge in [0.1, 0.15) is 28.5 Å². The lowest BCUT2D eigenvalue weighted by atomic mass is 10.1. The zero-order valence-corrected chi connectivity index (χ0v) is 15.4. The summed E-state index contributed by atoms with van der Waals surface area (Å²) in [5, 5.41) is 13.0. The van der Waals surface area contributed by atoms with E-state index in [-0.39, 0.29) is 16.9 Å². The Balaban J connectivity index is 1.83. The van der Waals surface area contributed by atoms with Crippen molar-refractivity contribution in [2.75, 3.05) is 5.32 Å². The van der Waals surface area contributed by atoms with Crippen LogP contribution in [-0.4, -0.2) is 16.0 Å². The zero-order valence-electron chi connectivity index (χ0n) is 15.4. The summed E-state index contributed by atoms with van der Waals surface area (Å²) < 4.78 is 19.0. The topological polar surface area (TPSA) is 87.7 Å². The molecule has 0 unspecified atom stereocenters. The third kappa shape index (κ3) is 4.14. The fraction of sp³-hybridized carbons (Fsp3) is 0.0455. The summed E-state index contributed by atoms with van der Waals surface area (Å²) in [4.78, 5) is 21.4. The monoisotopic (exact) mass is 389 g/mol. The Morgan fingerprint density at radius 2 is 1.90 bits per heavy atom. The number of fused-ring (bicyclic) bond motifs is 1. The second-order valence-corrected chi connectivity index (χ2v) is 6.45. The highest BCUT2D eigenvalue weighted by Gasteiger charge is 2.14. The highest BCUT2D eigenvalue weighted by Crippen LogP contribution is 2.20. The normalized spacial score (nSPS) is 11.6. The first kappa shape index (κ1) is 18.4. The van der Waals surface area contributed by atoms with Crippen molar-refractivity contribution in [3.05, 3.63) is 89.4 Å². The molecule has 2 aromatic heterocycles. The lowest BCUT2D eigenvalue weighted by Gasteiger charge is -2.07. The van der Waals surface area contributed by atoms with Crippen LogP contribution in [0.2, 0.25) is 0 Å². The van der Waals surface area contributed by atoms with E-state index in [4.69, 9.17) is 4.42 Å². The number of carbonyl (C=O) groups is 1. The molecule has 0 radical (unpaired) electrons. The lowest BCUT2D eigenvalue weighted by molar-refractivity contribution is 0.102. The first-order valence-electron chi connectivity index (χ1n) is 8.79. The molecule has 0 atom stereocenters. The number of amides is 1. The van der Waals surface area contributed by atoms with E-state index >= 15 is 0 Å². The van der Waals surface area contributed by atoms with E-state index in [0.29, 0.717) is 22.5 Å². The second kappa shape index (κ2) is 7.55. The zero-order chi connectivity index (χ0) is 20.4. The van der Waals surface area contributed by atoms with Gasteiger partial charge >= 0.3 is 0 Å². The third-order valence-corrected chi connectivity index (χ3v) is 4.19. The molecule has 0 aliphatic carbocycles. The standard InChI is InChI=1S/C22H16FN3O3/c1-13-2-9-20(24-12-13)26-21(28)18-10-14-3-8-17(27)11-19(14)29-22(18)25-16-6-4-15(23)5-7-16/h2-12,27H,1H3,(H,24,26,28). The van der Waals surface area contributed by atoms with Crippen LogP contribution in [0, 0.1) is 12.7 Å². The number of hydrogen-bond donors (Lipinski definition) is 2. The third-order valence-electron chi connectivity index (χ3n) is 4.19. The van der Waals surface area contributed by atoms with E-state index in [0.717, 1.165) is 5.56 Å². The molecule has 4 rings (SSSR count). The van der Waals surface area contributed by atoms with Crippen molar-refractivity contribution in [3.63, 3.8) is 0 Å². The van der Waals surface area contributed by atoms with Crippen molar-refractivity contribution in [2.45, 2.75) is 6.92 Å². The molecule has 0 aliphatic heterocycles. The van der Waals surface area contributed by atoms with Gasteiger partial charge in [0.15, 0.2) is 0 Å². The fourth-order valence-corrected chi connectivity index (χ4v) is 2.71. The average Bonchev–Trinajstić information content (AvgIpc) is 2.71.